The van der Waals surface area contributed by atoms with Gasteiger partial charge in [0.25, 0.3) is 5.56 Å². The minimum absolute atomic E-state index is 0.0517. The number of anilines is 1. The molecular weight excluding hydrogens is 326 g/mol. The van der Waals surface area contributed by atoms with Gasteiger partial charge < -0.3 is 14.5 Å². The topological polar surface area (TPSA) is 115 Å². The summed E-state index contributed by atoms with van der Waals surface area (Å²) in [4.78, 5) is 35.8. The average Bonchev–Trinajstić information content (AvgIpc) is 3.30. The highest BCUT2D eigenvalue weighted by Crippen LogP contribution is 2.12. The lowest BCUT2D eigenvalue weighted by molar-refractivity contribution is 0.120. The number of rotatable bonds is 5. The zero-order valence-electron chi connectivity index (χ0n) is 13.4. The maximum absolute atomic E-state index is 12.5. The van der Waals surface area contributed by atoms with Gasteiger partial charge in [-0.3, -0.25) is 14.3 Å². The zero-order chi connectivity index (χ0) is 17.2. The van der Waals surface area contributed by atoms with Gasteiger partial charge in [0, 0.05) is 19.3 Å². The maximum atomic E-state index is 12.5. The van der Waals surface area contributed by atoms with Gasteiger partial charge in [0.05, 0.1) is 18.9 Å². The van der Waals surface area contributed by atoms with Crippen LogP contribution in [0.4, 0.5) is 5.95 Å². The highest BCUT2D eigenvalue weighted by Gasteiger charge is 2.16. The van der Waals surface area contributed by atoms with Gasteiger partial charge in [-0.25, -0.2) is 9.78 Å². The molecule has 0 aromatic carbocycles. The van der Waals surface area contributed by atoms with Gasteiger partial charge >= 0.3 is 5.69 Å². The SMILES string of the molecule is O=c1[nH]c2nc(NC[C@H]3CCCO3)ncc2c(=O)n1Cc1ccco1. The minimum Gasteiger partial charge on any atom is -0.467 e. The van der Waals surface area contributed by atoms with E-state index in [0.717, 1.165) is 24.0 Å². The second-order valence-corrected chi connectivity index (χ2v) is 5.87. The number of furan rings is 1. The number of aromatic nitrogens is 4. The van der Waals surface area contributed by atoms with E-state index in [4.69, 9.17) is 9.15 Å². The Morgan fingerprint density at radius 3 is 3.08 bits per heavy atom. The molecule has 1 aliphatic rings. The lowest BCUT2D eigenvalue weighted by atomic mass is 10.2. The third-order valence-electron chi connectivity index (χ3n) is 4.14. The van der Waals surface area contributed by atoms with Crippen LogP contribution < -0.4 is 16.6 Å². The van der Waals surface area contributed by atoms with Crippen molar-refractivity contribution in [1.29, 1.82) is 0 Å². The Kier molecular flexibility index (Phi) is 4.06. The number of H-pyrrole nitrogens is 1. The second kappa shape index (κ2) is 6.52. The van der Waals surface area contributed by atoms with Gasteiger partial charge in [0.1, 0.15) is 11.1 Å². The lowest BCUT2D eigenvalue weighted by Crippen LogP contribution is -2.35. The molecule has 3 aromatic heterocycles. The fourth-order valence-corrected chi connectivity index (χ4v) is 2.84. The van der Waals surface area contributed by atoms with E-state index in [-0.39, 0.29) is 23.7 Å². The molecule has 3 aromatic rings. The van der Waals surface area contributed by atoms with Crippen LogP contribution in [0, 0.1) is 0 Å². The van der Waals surface area contributed by atoms with Crippen molar-refractivity contribution in [3.63, 3.8) is 0 Å². The molecule has 9 heteroatoms. The highest BCUT2D eigenvalue weighted by atomic mass is 16.5. The highest BCUT2D eigenvalue weighted by molar-refractivity contribution is 5.73. The summed E-state index contributed by atoms with van der Waals surface area (Å²) in [5, 5.41) is 3.32. The second-order valence-electron chi connectivity index (χ2n) is 5.87. The summed E-state index contributed by atoms with van der Waals surface area (Å²) < 4.78 is 11.8. The van der Waals surface area contributed by atoms with Crippen molar-refractivity contribution < 1.29 is 9.15 Å². The van der Waals surface area contributed by atoms with Crippen LogP contribution in [-0.4, -0.2) is 38.8 Å². The van der Waals surface area contributed by atoms with Crippen LogP contribution >= 0.6 is 0 Å². The van der Waals surface area contributed by atoms with Crippen LogP contribution in [0.5, 0.6) is 0 Å². The molecular formula is C16H17N5O4. The van der Waals surface area contributed by atoms with Gasteiger partial charge in [-0.2, -0.15) is 4.98 Å². The van der Waals surface area contributed by atoms with Crippen molar-refractivity contribution in [2.75, 3.05) is 18.5 Å². The van der Waals surface area contributed by atoms with Crippen molar-refractivity contribution in [1.82, 2.24) is 19.5 Å². The van der Waals surface area contributed by atoms with E-state index in [1.54, 1.807) is 12.1 Å². The number of ether oxygens (including phenoxy) is 1. The maximum Gasteiger partial charge on any atom is 0.330 e. The quantitative estimate of drug-likeness (QED) is 0.701. The Hall–Kier alpha value is -2.94. The molecule has 0 amide bonds. The first-order chi connectivity index (χ1) is 12.2. The molecule has 0 aliphatic carbocycles. The predicted octanol–water partition coefficient (Wildman–Crippen LogP) is 0.712. The Labute approximate surface area is 141 Å². The molecule has 1 aliphatic heterocycles. The van der Waals surface area contributed by atoms with E-state index in [1.807, 2.05) is 0 Å². The van der Waals surface area contributed by atoms with Crippen LogP contribution in [0.1, 0.15) is 18.6 Å². The van der Waals surface area contributed by atoms with Crippen molar-refractivity contribution in [2.45, 2.75) is 25.5 Å². The monoisotopic (exact) mass is 343 g/mol. The Morgan fingerprint density at radius 2 is 2.32 bits per heavy atom. The third kappa shape index (κ3) is 3.18. The summed E-state index contributed by atoms with van der Waals surface area (Å²) in [6, 6.07) is 3.40. The molecule has 0 bridgehead atoms. The smallest absolute Gasteiger partial charge is 0.330 e. The number of nitrogens with one attached hydrogen (secondary N) is 2. The summed E-state index contributed by atoms with van der Waals surface area (Å²) in [6.45, 7) is 1.41. The summed E-state index contributed by atoms with van der Waals surface area (Å²) in [5.41, 5.74) is -0.797. The lowest BCUT2D eigenvalue weighted by Gasteiger charge is -2.11. The standard InChI is InChI=1S/C16H17N5O4/c22-14-12-8-18-15(17-7-10-3-1-5-24-10)19-13(12)20-16(23)21(14)9-11-4-2-6-25-11/h2,4,6,8,10H,1,3,5,7,9H2,(H2,17,18,19,20,23)/t10-/m1/s1. The molecule has 1 saturated heterocycles. The molecule has 1 fully saturated rings. The van der Waals surface area contributed by atoms with Crippen LogP contribution in [-0.2, 0) is 11.3 Å². The molecule has 2 N–H and O–H groups in total. The number of nitrogens with zero attached hydrogens (tertiary/aromatic N) is 3. The first kappa shape index (κ1) is 15.6. The zero-order valence-corrected chi connectivity index (χ0v) is 13.4. The van der Waals surface area contributed by atoms with Crippen molar-refractivity contribution in [3.8, 4) is 0 Å². The first-order valence-electron chi connectivity index (χ1n) is 8.08. The van der Waals surface area contributed by atoms with E-state index in [9.17, 15) is 9.59 Å². The Morgan fingerprint density at radius 1 is 1.40 bits per heavy atom. The molecule has 0 spiro atoms. The summed E-state index contributed by atoms with van der Waals surface area (Å²) in [5.74, 6) is 0.865. The first-order valence-corrected chi connectivity index (χ1v) is 8.08. The van der Waals surface area contributed by atoms with E-state index in [1.165, 1.54) is 12.5 Å². The fraction of sp³-hybridized carbons (Fsp3) is 0.375. The van der Waals surface area contributed by atoms with Gasteiger partial charge in [-0.15, -0.1) is 0 Å². The summed E-state index contributed by atoms with van der Waals surface area (Å²) in [6.07, 6.45) is 5.09. The van der Waals surface area contributed by atoms with Gasteiger partial charge in [-0.1, -0.05) is 0 Å². The predicted molar refractivity (Wildman–Crippen MR) is 89.7 cm³/mol. The molecule has 25 heavy (non-hydrogen) atoms. The molecule has 130 valence electrons. The van der Waals surface area contributed by atoms with Crippen molar-refractivity contribution >= 4 is 17.0 Å². The van der Waals surface area contributed by atoms with Gasteiger partial charge in [-0.05, 0) is 25.0 Å². The molecule has 1 atom stereocenters. The number of hydrogen-bond acceptors (Lipinski definition) is 7. The van der Waals surface area contributed by atoms with E-state index < -0.39 is 11.2 Å². The van der Waals surface area contributed by atoms with Crippen molar-refractivity contribution in [2.24, 2.45) is 0 Å². The fourth-order valence-electron chi connectivity index (χ4n) is 2.84. The van der Waals surface area contributed by atoms with E-state index >= 15 is 0 Å². The molecule has 4 rings (SSSR count). The van der Waals surface area contributed by atoms with Gasteiger partial charge in [0.2, 0.25) is 5.95 Å². The Bertz CT molecular complexity index is 986. The average molecular weight is 343 g/mol. The van der Waals surface area contributed by atoms with E-state index in [2.05, 4.69) is 20.3 Å². The van der Waals surface area contributed by atoms with Crippen LogP contribution in [0.25, 0.3) is 11.0 Å². The number of fused-ring (bicyclic) bond motifs is 1. The minimum atomic E-state index is -0.544. The van der Waals surface area contributed by atoms with Gasteiger partial charge in [0.15, 0.2) is 5.65 Å². The number of aromatic amines is 1. The number of hydrogen-bond donors (Lipinski definition) is 2. The molecule has 0 unspecified atom stereocenters. The summed E-state index contributed by atoms with van der Waals surface area (Å²) in [7, 11) is 0. The van der Waals surface area contributed by atoms with E-state index in [0.29, 0.717) is 18.3 Å². The molecule has 0 radical (unpaired) electrons. The molecule has 0 saturated carbocycles. The third-order valence-corrected chi connectivity index (χ3v) is 4.14. The van der Waals surface area contributed by atoms with Crippen LogP contribution in [0.15, 0.2) is 38.6 Å². The Balaban J connectivity index is 1.62. The van der Waals surface area contributed by atoms with Crippen LogP contribution in [0.3, 0.4) is 0 Å². The normalized spacial score (nSPS) is 17.2. The largest absolute Gasteiger partial charge is 0.467 e. The van der Waals surface area contributed by atoms with Crippen LogP contribution in [0.2, 0.25) is 0 Å². The molecule has 9 nitrogen and oxygen atoms in total. The van der Waals surface area contributed by atoms with Crippen molar-refractivity contribution in [3.05, 3.63) is 51.2 Å². The summed E-state index contributed by atoms with van der Waals surface area (Å²) >= 11 is 0. The molecule has 4 heterocycles.